The number of hydrogen-bond donors (Lipinski definition) is 2. The average molecular weight is 523 g/mol. The third-order valence-electron chi connectivity index (χ3n) is 4.76. The van der Waals surface area contributed by atoms with E-state index in [2.05, 4.69) is 56.8 Å². The number of nitrogens with zero attached hydrogens (tertiary/aromatic N) is 3. The Morgan fingerprint density at radius 3 is 2.57 bits per heavy atom. The van der Waals surface area contributed by atoms with Crippen molar-refractivity contribution >= 4 is 47.2 Å². The standard InChI is InChI=1S/C19H33N5O2S.HI/c1-19(2,16-6-5-13-27-16)15-22-18(20-3)24-10-8-23(9-11-24)14-17(25)21-7-12-26-4;/h5-6,13H,7-12,14-15H2,1-4H3,(H,20,22)(H,21,25);1H. The Labute approximate surface area is 189 Å². The molecule has 0 spiro atoms. The first-order valence-electron chi connectivity index (χ1n) is 9.44. The van der Waals surface area contributed by atoms with E-state index in [1.54, 1.807) is 18.4 Å². The van der Waals surface area contributed by atoms with Crippen molar-refractivity contribution in [1.29, 1.82) is 0 Å². The molecule has 0 bridgehead atoms. The molecule has 2 N–H and O–H groups in total. The molecule has 9 heteroatoms. The topological polar surface area (TPSA) is 69.2 Å². The van der Waals surface area contributed by atoms with Crippen LogP contribution in [0.25, 0.3) is 0 Å². The molecule has 1 aromatic rings. The minimum Gasteiger partial charge on any atom is -0.383 e. The van der Waals surface area contributed by atoms with Crippen molar-refractivity contribution in [2.45, 2.75) is 19.3 Å². The van der Waals surface area contributed by atoms with E-state index in [1.807, 2.05) is 7.05 Å². The van der Waals surface area contributed by atoms with Gasteiger partial charge >= 0.3 is 0 Å². The Hall–Kier alpha value is -0.910. The molecule has 1 saturated heterocycles. The average Bonchev–Trinajstić information content (AvgIpc) is 3.19. The maximum Gasteiger partial charge on any atom is 0.234 e. The highest BCUT2D eigenvalue weighted by atomic mass is 127. The maximum absolute atomic E-state index is 11.9. The molecule has 1 aliphatic rings. The second-order valence-corrected chi connectivity index (χ2v) is 8.32. The van der Waals surface area contributed by atoms with E-state index in [0.29, 0.717) is 19.7 Å². The molecular formula is C19H34IN5O2S. The lowest BCUT2D eigenvalue weighted by molar-refractivity contribution is -0.122. The van der Waals surface area contributed by atoms with Crippen molar-refractivity contribution in [3.63, 3.8) is 0 Å². The normalized spacial score (nSPS) is 15.9. The first-order valence-corrected chi connectivity index (χ1v) is 10.3. The van der Waals surface area contributed by atoms with Gasteiger partial charge < -0.3 is 20.3 Å². The summed E-state index contributed by atoms with van der Waals surface area (Å²) in [7, 11) is 3.46. The highest BCUT2D eigenvalue weighted by Gasteiger charge is 2.25. The molecule has 1 fully saturated rings. The van der Waals surface area contributed by atoms with Crippen LogP contribution in [0.4, 0.5) is 0 Å². The SMILES string of the molecule is CN=C(NCC(C)(C)c1cccs1)N1CCN(CC(=O)NCCOC)CC1.I. The molecule has 0 radical (unpaired) electrons. The van der Waals surface area contributed by atoms with Crippen molar-refractivity contribution in [2.75, 3.05) is 66.6 Å². The van der Waals surface area contributed by atoms with Crippen LogP contribution in [0, 0.1) is 0 Å². The summed E-state index contributed by atoms with van der Waals surface area (Å²) < 4.78 is 4.95. The van der Waals surface area contributed by atoms with E-state index in [0.717, 1.165) is 38.7 Å². The smallest absolute Gasteiger partial charge is 0.234 e. The van der Waals surface area contributed by atoms with Crippen LogP contribution in [0.1, 0.15) is 18.7 Å². The molecular weight excluding hydrogens is 489 g/mol. The zero-order valence-corrected chi connectivity index (χ0v) is 20.5. The molecule has 7 nitrogen and oxygen atoms in total. The van der Waals surface area contributed by atoms with Gasteiger partial charge in [-0.25, -0.2) is 0 Å². The van der Waals surface area contributed by atoms with E-state index < -0.39 is 0 Å². The van der Waals surface area contributed by atoms with Crippen molar-refractivity contribution in [1.82, 2.24) is 20.4 Å². The zero-order chi connectivity index (χ0) is 19.7. The van der Waals surface area contributed by atoms with Crippen LogP contribution >= 0.6 is 35.3 Å². The molecule has 0 atom stereocenters. The minimum atomic E-state index is 0. The quantitative estimate of drug-likeness (QED) is 0.235. The molecule has 0 aromatic carbocycles. The van der Waals surface area contributed by atoms with Crippen LogP contribution in [0.15, 0.2) is 22.5 Å². The summed E-state index contributed by atoms with van der Waals surface area (Å²) >= 11 is 1.79. The van der Waals surface area contributed by atoms with Gasteiger partial charge in [0.25, 0.3) is 0 Å². The van der Waals surface area contributed by atoms with E-state index in [1.165, 1.54) is 4.88 Å². The first-order chi connectivity index (χ1) is 13.0. The predicted octanol–water partition coefficient (Wildman–Crippen LogP) is 1.60. The molecule has 0 unspecified atom stereocenters. The van der Waals surface area contributed by atoms with Crippen LogP contribution in [-0.2, 0) is 14.9 Å². The Balaban J connectivity index is 0.00000392. The lowest BCUT2D eigenvalue weighted by Gasteiger charge is -2.37. The molecule has 0 aliphatic carbocycles. The third kappa shape index (κ3) is 7.84. The fourth-order valence-corrected chi connectivity index (χ4v) is 3.90. The summed E-state index contributed by atoms with van der Waals surface area (Å²) in [5.74, 6) is 0.990. The minimum absolute atomic E-state index is 0. The van der Waals surface area contributed by atoms with Crippen molar-refractivity contribution in [3.05, 3.63) is 22.4 Å². The van der Waals surface area contributed by atoms with Crippen LogP contribution < -0.4 is 10.6 Å². The number of halogens is 1. The molecule has 28 heavy (non-hydrogen) atoms. The van der Waals surface area contributed by atoms with Crippen LogP contribution in [0.3, 0.4) is 0 Å². The third-order valence-corrected chi connectivity index (χ3v) is 5.99. The Morgan fingerprint density at radius 2 is 2.00 bits per heavy atom. The van der Waals surface area contributed by atoms with Gasteiger partial charge in [-0.05, 0) is 11.4 Å². The highest BCUT2D eigenvalue weighted by Crippen LogP contribution is 2.26. The summed E-state index contributed by atoms with van der Waals surface area (Å²) in [5, 5.41) is 8.52. The van der Waals surface area contributed by atoms with E-state index >= 15 is 0 Å². The molecule has 2 heterocycles. The van der Waals surface area contributed by atoms with Crippen LogP contribution in [0.5, 0.6) is 0 Å². The fraction of sp³-hybridized carbons (Fsp3) is 0.684. The lowest BCUT2D eigenvalue weighted by Crippen LogP contribution is -2.55. The molecule has 1 aromatic heterocycles. The number of guanidine groups is 1. The summed E-state index contributed by atoms with van der Waals surface area (Å²) in [6.07, 6.45) is 0. The van der Waals surface area contributed by atoms with Gasteiger partial charge in [0.05, 0.1) is 13.2 Å². The second kappa shape index (κ2) is 12.6. The Morgan fingerprint density at radius 1 is 1.29 bits per heavy atom. The summed E-state index contributed by atoms with van der Waals surface area (Å²) in [6, 6.07) is 4.28. The number of amides is 1. The van der Waals surface area contributed by atoms with Gasteiger partial charge in [0.1, 0.15) is 0 Å². The second-order valence-electron chi connectivity index (χ2n) is 7.37. The van der Waals surface area contributed by atoms with E-state index in [-0.39, 0.29) is 35.3 Å². The number of thiophene rings is 1. The summed E-state index contributed by atoms with van der Waals surface area (Å²) in [6.45, 7) is 10.3. The lowest BCUT2D eigenvalue weighted by atomic mass is 9.91. The summed E-state index contributed by atoms with van der Waals surface area (Å²) in [4.78, 5) is 22.2. The molecule has 160 valence electrons. The fourth-order valence-electron chi connectivity index (χ4n) is 3.05. The molecule has 0 saturated carbocycles. The molecule has 1 aliphatic heterocycles. The zero-order valence-electron chi connectivity index (χ0n) is 17.4. The number of nitrogens with one attached hydrogen (secondary N) is 2. The van der Waals surface area contributed by atoms with Gasteiger partial charge in [0.2, 0.25) is 5.91 Å². The number of piperazine rings is 1. The Kier molecular flexibility index (Phi) is 11.3. The number of carbonyl (C=O) groups excluding carboxylic acids is 1. The van der Waals surface area contributed by atoms with Gasteiger partial charge in [0, 0.05) is 63.7 Å². The van der Waals surface area contributed by atoms with Crippen LogP contribution in [0.2, 0.25) is 0 Å². The van der Waals surface area contributed by atoms with Crippen molar-refractivity contribution in [2.24, 2.45) is 4.99 Å². The number of hydrogen-bond acceptors (Lipinski definition) is 5. The number of ether oxygens (including phenoxy) is 1. The monoisotopic (exact) mass is 523 g/mol. The van der Waals surface area contributed by atoms with Gasteiger partial charge in [-0.15, -0.1) is 35.3 Å². The summed E-state index contributed by atoms with van der Waals surface area (Å²) in [5.41, 5.74) is 0.0617. The van der Waals surface area contributed by atoms with Gasteiger partial charge in [-0.3, -0.25) is 14.7 Å². The number of methoxy groups -OCH3 is 1. The number of rotatable bonds is 8. The maximum atomic E-state index is 11.9. The van der Waals surface area contributed by atoms with Crippen molar-refractivity contribution in [3.8, 4) is 0 Å². The van der Waals surface area contributed by atoms with Crippen LogP contribution in [-0.4, -0.2) is 88.2 Å². The van der Waals surface area contributed by atoms with E-state index in [9.17, 15) is 4.79 Å². The van der Waals surface area contributed by atoms with Gasteiger partial charge in [-0.1, -0.05) is 19.9 Å². The van der Waals surface area contributed by atoms with E-state index in [4.69, 9.17) is 4.74 Å². The van der Waals surface area contributed by atoms with Gasteiger partial charge in [0.15, 0.2) is 5.96 Å². The van der Waals surface area contributed by atoms with Gasteiger partial charge in [-0.2, -0.15) is 0 Å². The highest BCUT2D eigenvalue weighted by molar-refractivity contribution is 14.0. The predicted molar refractivity (Wildman–Crippen MR) is 127 cm³/mol. The molecule has 2 rings (SSSR count). The van der Waals surface area contributed by atoms with Crippen molar-refractivity contribution < 1.29 is 9.53 Å². The number of aliphatic imine (C=N–C) groups is 1. The Bertz CT molecular complexity index is 601. The number of carbonyl (C=O) groups is 1. The first kappa shape index (κ1) is 25.1. The molecule has 1 amide bonds. The largest absolute Gasteiger partial charge is 0.383 e.